The van der Waals surface area contributed by atoms with Crippen molar-refractivity contribution in [1.82, 2.24) is 4.98 Å². The van der Waals surface area contributed by atoms with Gasteiger partial charge in [0.15, 0.2) is 0 Å². The summed E-state index contributed by atoms with van der Waals surface area (Å²) in [4.78, 5) is 8.35. The Labute approximate surface area is 110 Å². The van der Waals surface area contributed by atoms with Gasteiger partial charge in [-0.1, -0.05) is 18.2 Å². The quantitative estimate of drug-likeness (QED) is 0.678. The standard InChI is InChI=1S/C14H16N2O3/c17-8-14(9-18,10-19)16-7-11-5-12-3-1-2-4-13(12)15-6-11/h1-7,17-19H,8-10H2. The number of pyridine rings is 1. The number of hydrogen-bond donors (Lipinski definition) is 3. The van der Waals surface area contributed by atoms with Gasteiger partial charge in [-0.2, -0.15) is 0 Å². The molecule has 0 spiro atoms. The number of benzene rings is 1. The summed E-state index contributed by atoms with van der Waals surface area (Å²) in [5.74, 6) is 0. The number of aromatic nitrogens is 1. The minimum atomic E-state index is -1.24. The van der Waals surface area contributed by atoms with E-state index < -0.39 is 25.4 Å². The van der Waals surface area contributed by atoms with E-state index in [2.05, 4.69) is 9.98 Å². The number of nitrogens with zero attached hydrogens (tertiary/aromatic N) is 2. The molecule has 0 aliphatic heterocycles. The van der Waals surface area contributed by atoms with Crippen molar-refractivity contribution in [2.75, 3.05) is 19.8 Å². The molecule has 19 heavy (non-hydrogen) atoms. The molecule has 0 aliphatic rings. The van der Waals surface area contributed by atoms with Gasteiger partial charge in [0.2, 0.25) is 0 Å². The van der Waals surface area contributed by atoms with Crippen LogP contribution in [0.25, 0.3) is 10.9 Å². The van der Waals surface area contributed by atoms with Gasteiger partial charge in [0.1, 0.15) is 5.54 Å². The van der Waals surface area contributed by atoms with Crippen molar-refractivity contribution < 1.29 is 15.3 Å². The zero-order chi connectivity index (χ0) is 13.7. The highest BCUT2D eigenvalue weighted by Gasteiger charge is 2.26. The Hall–Kier alpha value is -1.82. The molecule has 0 amide bonds. The van der Waals surface area contributed by atoms with Crippen LogP contribution in [0.2, 0.25) is 0 Å². The normalized spacial score (nSPS) is 12.4. The Balaban J connectivity index is 2.30. The minimum Gasteiger partial charge on any atom is -0.394 e. The maximum Gasteiger partial charge on any atom is 0.129 e. The molecule has 0 bridgehead atoms. The topological polar surface area (TPSA) is 85.9 Å². The molecule has 3 N–H and O–H groups in total. The molecular formula is C14H16N2O3. The molecule has 0 unspecified atom stereocenters. The van der Waals surface area contributed by atoms with Crippen molar-refractivity contribution in [3.8, 4) is 0 Å². The molecule has 0 aliphatic carbocycles. The molecule has 0 saturated heterocycles. The fraction of sp³-hybridized carbons (Fsp3) is 0.286. The number of aliphatic hydroxyl groups is 3. The smallest absolute Gasteiger partial charge is 0.129 e. The van der Waals surface area contributed by atoms with Crippen LogP contribution in [0.3, 0.4) is 0 Å². The van der Waals surface area contributed by atoms with Gasteiger partial charge in [-0.3, -0.25) is 9.98 Å². The SMILES string of the molecule is OCC(CO)(CO)N=Cc1cnc2ccccc2c1. The van der Waals surface area contributed by atoms with Crippen molar-refractivity contribution in [3.05, 3.63) is 42.1 Å². The van der Waals surface area contributed by atoms with E-state index in [1.54, 1.807) is 6.20 Å². The van der Waals surface area contributed by atoms with Gasteiger partial charge in [0.25, 0.3) is 0 Å². The molecule has 1 heterocycles. The van der Waals surface area contributed by atoms with Gasteiger partial charge in [-0.15, -0.1) is 0 Å². The fourth-order valence-electron chi connectivity index (χ4n) is 1.64. The lowest BCUT2D eigenvalue weighted by molar-refractivity contribution is 0.0718. The van der Waals surface area contributed by atoms with Crippen LogP contribution in [-0.2, 0) is 0 Å². The summed E-state index contributed by atoms with van der Waals surface area (Å²) in [6, 6.07) is 9.59. The van der Waals surface area contributed by atoms with E-state index in [0.29, 0.717) is 0 Å². The van der Waals surface area contributed by atoms with Crippen molar-refractivity contribution in [2.45, 2.75) is 5.54 Å². The van der Waals surface area contributed by atoms with Crippen LogP contribution in [0.5, 0.6) is 0 Å². The Kier molecular flexibility index (Phi) is 4.21. The first kappa shape index (κ1) is 13.6. The molecular weight excluding hydrogens is 244 g/mol. The lowest BCUT2D eigenvalue weighted by atomic mass is 10.0. The van der Waals surface area contributed by atoms with E-state index in [-0.39, 0.29) is 0 Å². The Morgan fingerprint density at radius 1 is 1.11 bits per heavy atom. The van der Waals surface area contributed by atoms with Gasteiger partial charge in [0, 0.05) is 23.4 Å². The predicted octanol–water partition coefficient (Wildman–Crippen LogP) is 0.369. The maximum absolute atomic E-state index is 9.18. The highest BCUT2D eigenvalue weighted by Crippen LogP contribution is 2.13. The number of aliphatic imine (C=N–C) groups is 1. The number of hydrogen-bond acceptors (Lipinski definition) is 5. The molecule has 1 aromatic carbocycles. The van der Waals surface area contributed by atoms with E-state index in [4.69, 9.17) is 0 Å². The summed E-state index contributed by atoms with van der Waals surface area (Å²) in [7, 11) is 0. The van der Waals surface area contributed by atoms with Gasteiger partial charge < -0.3 is 15.3 Å². The van der Waals surface area contributed by atoms with Gasteiger partial charge >= 0.3 is 0 Å². The average molecular weight is 260 g/mol. The third-order valence-electron chi connectivity index (χ3n) is 2.98. The highest BCUT2D eigenvalue weighted by molar-refractivity contribution is 5.87. The van der Waals surface area contributed by atoms with Crippen LogP contribution in [-0.4, -0.2) is 51.9 Å². The molecule has 5 nitrogen and oxygen atoms in total. The van der Waals surface area contributed by atoms with Gasteiger partial charge in [0.05, 0.1) is 25.3 Å². The number of para-hydroxylation sites is 1. The minimum absolute atomic E-state index is 0.419. The van der Waals surface area contributed by atoms with E-state index in [1.807, 2.05) is 30.3 Å². The van der Waals surface area contributed by atoms with E-state index in [1.165, 1.54) is 6.21 Å². The summed E-state index contributed by atoms with van der Waals surface area (Å²) < 4.78 is 0. The van der Waals surface area contributed by atoms with Crippen LogP contribution in [0.4, 0.5) is 0 Å². The third-order valence-corrected chi connectivity index (χ3v) is 2.98. The Bertz CT molecular complexity index is 571. The molecule has 100 valence electrons. The third kappa shape index (κ3) is 2.96. The Morgan fingerprint density at radius 3 is 2.47 bits per heavy atom. The maximum atomic E-state index is 9.18. The van der Waals surface area contributed by atoms with Crippen LogP contribution < -0.4 is 0 Å². The first-order valence-corrected chi connectivity index (χ1v) is 5.96. The first-order valence-electron chi connectivity index (χ1n) is 5.96. The monoisotopic (exact) mass is 260 g/mol. The molecule has 2 rings (SSSR count). The number of fused-ring (bicyclic) bond motifs is 1. The predicted molar refractivity (Wildman–Crippen MR) is 73.3 cm³/mol. The summed E-state index contributed by atoms with van der Waals surface area (Å²) in [5, 5.41) is 28.5. The zero-order valence-electron chi connectivity index (χ0n) is 10.4. The average Bonchev–Trinajstić information content (AvgIpc) is 2.49. The van der Waals surface area contributed by atoms with Crippen molar-refractivity contribution in [1.29, 1.82) is 0 Å². The van der Waals surface area contributed by atoms with E-state index >= 15 is 0 Å². The second kappa shape index (κ2) is 5.88. The van der Waals surface area contributed by atoms with Gasteiger partial charge in [-0.25, -0.2) is 0 Å². The van der Waals surface area contributed by atoms with Crippen LogP contribution >= 0.6 is 0 Å². The molecule has 0 fully saturated rings. The fourth-order valence-corrected chi connectivity index (χ4v) is 1.64. The first-order chi connectivity index (χ1) is 9.23. The van der Waals surface area contributed by atoms with E-state index in [9.17, 15) is 15.3 Å². The second-order valence-electron chi connectivity index (χ2n) is 4.42. The molecule has 2 aromatic rings. The summed E-state index contributed by atoms with van der Waals surface area (Å²) in [6.07, 6.45) is 3.16. The van der Waals surface area contributed by atoms with Crippen molar-refractivity contribution >= 4 is 17.1 Å². The lowest BCUT2D eigenvalue weighted by Gasteiger charge is -2.21. The van der Waals surface area contributed by atoms with E-state index in [0.717, 1.165) is 16.5 Å². The second-order valence-corrected chi connectivity index (χ2v) is 4.42. The van der Waals surface area contributed by atoms with Crippen LogP contribution in [0.15, 0.2) is 41.5 Å². The zero-order valence-corrected chi connectivity index (χ0v) is 10.4. The highest BCUT2D eigenvalue weighted by atomic mass is 16.3. The van der Waals surface area contributed by atoms with Crippen LogP contribution in [0, 0.1) is 0 Å². The van der Waals surface area contributed by atoms with Gasteiger partial charge in [-0.05, 0) is 12.1 Å². The molecule has 0 atom stereocenters. The largest absolute Gasteiger partial charge is 0.394 e. The summed E-state index contributed by atoms with van der Waals surface area (Å²) >= 11 is 0. The molecule has 1 aromatic heterocycles. The van der Waals surface area contributed by atoms with Crippen molar-refractivity contribution in [2.24, 2.45) is 4.99 Å². The van der Waals surface area contributed by atoms with Crippen LogP contribution in [0.1, 0.15) is 5.56 Å². The number of aliphatic hydroxyl groups excluding tert-OH is 3. The number of rotatable bonds is 5. The van der Waals surface area contributed by atoms with Crippen molar-refractivity contribution in [3.63, 3.8) is 0 Å². The summed E-state index contributed by atoms with van der Waals surface area (Å²) in [6.45, 7) is -1.26. The molecule has 5 heteroatoms. The Morgan fingerprint density at radius 2 is 1.79 bits per heavy atom. The lowest BCUT2D eigenvalue weighted by Crippen LogP contribution is -2.39. The summed E-state index contributed by atoms with van der Waals surface area (Å²) in [5.41, 5.74) is 0.391. The molecule has 0 radical (unpaired) electrons. The molecule has 0 saturated carbocycles.